The Hall–Kier alpha value is -1.78. The fourth-order valence-corrected chi connectivity index (χ4v) is 1.49. The molecule has 0 radical (unpaired) electrons. The predicted molar refractivity (Wildman–Crippen MR) is 68.4 cm³/mol. The standard InChI is InChI=1S/C13H20N2O3/c1-8(2)6-14-12(16)7-15-13(17)11-5-9(3)18-10(11)4/h5,8H,6-7H2,1-4H3,(H,14,16)(H,15,17). The molecule has 0 aliphatic rings. The molecule has 1 aromatic rings. The number of nitrogens with one attached hydrogen (secondary N) is 2. The quantitative estimate of drug-likeness (QED) is 0.832. The molecule has 18 heavy (non-hydrogen) atoms. The van der Waals surface area contributed by atoms with Gasteiger partial charge in [-0.3, -0.25) is 9.59 Å². The lowest BCUT2D eigenvalue weighted by molar-refractivity contribution is -0.120. The van der Waals surface area contributed by atoms with E-state index in [-0.39, 0.29) is 18.4 Å². The third-order valence-electron chi connectivity index (χ3n) is 2.40. The van der Waals surface area contributed by atoms with Gasteiger partial charge < -0.3 is 15.1 Å². The number of carbonyl (C=O) groups is 2. The van der Waals surface area contributed by atoms with E-state index in [2.05, 4.69) is 10.6 Å². The normalized spacial score (nSPS) is 10.5. The number of aryl methyl sites for hydroxylation is 2. The highest BCUT2D eigenvalue weighted by atomic mass is 16.3. The predicted octanol–water partition coefficient (Wildman–Crippen LogP) is 1.40. The van der Waals surface area contributed by atoms with Gasteiger partial charge in [0.1, 0.15) is 11.5 Å². The van der Waals surface area contributed by atoms with Crippen LogP contribution in [0.2, 0.25) is 0 Å². The van der Waals surface area contributed by atoms with E-state index in [1.165, 1.54) is 0 Å². The van der Waals surface area contributed by atoms with Gasteiger partial charge >= 0.3 is 0 Å². The number of hydrogen-bond acceptors (Lipinski definition) is 3. The molecule has 5 nitrogen and oxygen atoms in total. The molecule has 0 saturated carbocycles. The molecule has 1 rings (SSSR count). The summed E-state index contributed by atoms with van der Waals surface area (Å²) >= 11 is 0. The summed E-state index contributed by atoms with van der Waals surface area (Å²) in [4.78, 5) is 23.2. The molecule has 1 aromatic heterocycles. The Kier molecular flexibility index (Phi) is 4.95. The molecule has 5 heteroatoms. The summed E-state index contributed by atoms with van der Waals surface area (Å²) in [6, 6.07) is 1.66. The Balaban J connectivity index is 2.42. The Morgan fingerprint density at radius 3 is 2.44 bits per heavy atom. The van der Waals surface area contributed by atoms with Crippen molar-refractivity contribution in [3.63, 3.8) is 0 Å². The van der Waals surface area contributed by atoms with Gasteiger partial charge in [0.15, 0.2) is 0 Å². The maximum atomic E-state index is 11.8. The van der Waals surface area contributed by atoms with Crippen LogP contribution >= 0.6 is 0 Å². The molecule has 0 bridgehead atoms. The van der Waals surface area contributed by atoms with Crippen molar-refractivity contribution in [2.45, 2.75) is 27.7 Å². The Labute approximate surface area is 107 Å². The second-order valence-corrected chi connectivity index (χ2v) is 4.71. The lowest BCUT2D eigenvalue weighted by atomic mass is 10.2. The van der Waals surface area contributed by atoms with Gasteiger partial charge in [0.2, 0.25) is 5.91 Å². The van der Waals surface area contributed by atoms with Crippen molar-refractivity contribution in [3.05, 3.63) is 23.2 Å². The molecule has 0 spiro atoms. The first-order valence-corrected chi connectivity index (χ1v) is 6.02. The van der Waals surface area contributed by atoms with Crippen LogP contribution in [-0.2, 0) is 4.79 Å². The van der Waals surface area contributed by atoms with E-state index in [4.69, 9.17) is 4.42 Å². The summed E-state index contributed by atoms with van der Waals surface area (Å²) in [5.74, 6) is 1.16. The minimum atomic E-state index is -0.288. The van der Waals surface area contributed by atoms with Crippen LogP contribution < -0.4 is 10.6 Å². The second kappa shape index (κ2) is 6.23. The van der Waals surface area contributed by atoms with Gasteiger partial charge in [0.05, 0.1) is 12.1 Å². The van der Waals surface area contributed by atoms with E-state index in [1.54, 1.807) is 19.9 Å². The van der Waals surface area contributed by atoms with E-state index < -0.39 is 0 Å². The van der Waals surface area contributed by atoms with Gasteiger partial charge in [-0.15, -0.1) is 0 Å². The molecule has 1 heterocycles. The molecule has 2 amide bonds. The van der Waals surface area contributed by atoms with Crippen LogP contribution in [0.4, 0.5) is 0 Å². The SMILES string of the molecule is Cc1cc(C(=O)NCC(=O)NCC(C)C)c(C)o1. The molecule has 2 N–H and O–H groups in total. The van der Waals surface area contributed by atoms with Crippen LogP contribution in [0.5, 0.6) is 0 Å². The topological polar surface area (TPSA) is 71.3 Å². The number of amides is 2. The van der Waals surface area contributed by atoms with E-state index in [1.807, 2.05) is 13.8 Å². The maximum Gasteiger partial charge on any atom is 0.255 e. The summed E-state index contributed by atoms with van der Waals surface area (Å²) in [6.07, 6.45) is 0. The van der Waals surface area contributed by atoms with Crippen LogP contribution in [0.15, 0.2) is 10.5 Å². The highest BCUT2D eigenvalue weighted by molar-refractivity contribution is 5.97. The minimum Gasteiger partial charge on any atom is -0.466 e. The highest BCUT2D eigenvalue weighted by Gasteiger charge is 2.14. The maximum absolute atomic E-state index is 11.8. The van der Waals surface area contributed by atoms with Crippen LogP contribution in [-0.4, -0.2) is 24.9 Å². The summed E-state index contributed by atoms with van der Waals surface area (Å²) in [5.41, 5.74) is 0.476. The van der Waals surface area contributed by atoms with Crippen molar-refractivity contribution < 1.29 is 14.0 Å². The second-order valence-electron chi connectivity index (χ2n) is 4.71. The van der Waals surface area contributed by atoms with Crippen molar-refractivity contribution in [1.82, 2.24) is 10.6 Å². The van der Waals surface area contributed by atoms with Gasteiger partial charge in [-0.25, -0.2) is 0 Å². The molecule has 0 unspecified atom stereocenters. The van der Waals surface area contributed by atoms with Crippen molar-refractivity contribution >= 4 is 11.8 Å². The van der Waals surface area contributed by atoms with Gasteiger partial charge in [-0.2, -0.15) is 0 Å². The number of hydrogen-bond donors (Lipinski definition) is 2. The lowest BCUT2D eigenvalue weighted by Crippen LogP contribution is -2.38. The molecule has 0 saturated heterocycles. The van der Waals surface area contributed by atoms with Gasteiger partial charge in [0, 0.05) is 6.54 Å². The monoisotopic (exact) mass is 252 g/mol. The molecule has 0 aliphatic heterocycles. The van der Waals surface area contributed by atoms with Crippen LogP contribution in [0.3, 0.4) is 0 Å². The van der Waals surface area contributed by atoms with Crippen LogP contribution in [0, 0.1) is 19.8 Å². The largest absolute Gasteiger partial charge is 0.466 e. The van der Waals surface area contributed by atoms with Gasteiger partial charge in [-0.1, -0.05) is 13.8 Å². The van der Waals surface area contributed by atoms with E-state index >= 15 is 0 Å². The van der Waals surface area contributed by atoms with E-state index in [0.29, 0.717) is 29.5 Å². The zero-order valence-corrected chi connectivity index (χ0v) is 11.3. The first kappa shape index (κ1) is 14.3. The molecular weight excluding hydrogens is 232 g/mol. The Morgan fingerprint density at radius 1 is 1.28 bits per heavy atom. The molecule has 0 atom stereocenters. The number of rotatable bonds is 5. The zero-order valence-electron chi connectivity index (χ0n) is 11.3. The third-order valence-corrected chi connectivity index (χ3v) is 2.40. The molecular formula is C13H20N2O3. The average molecular weight is 252 g/mol. The fraction of sp³-hybridized carbons (Fsp3) is 0.538. The minimum absolute atomic E-state index is 0.0186. The highest BCUT2D eigenvalue weighted by Crippen LogP contribution is 2.12. The average Bonchev–Trinajstić information content (AvgIpc) is 2.62. The summed E-state index contributed by atoms with van der Waals surface area (Å²) in [5, 5.41) is 5.30. The molecule has 0 aromatic carbocycles. The van der Waals surface area contributed by atoms with Crippen molar-refractivity contribution in [2.75, 3.05) is 13.1 Å². The Bertz CT molecular complexity index is 435. The molecule has 100 valence electrons. The van der Waals surface area contributed by atoms with Gasteiger partial charge in [-0.05, 0) is 25.8 Å². The van der Waals surface area contributed by atoms with Crippen LogP contribution in [0.1, 0.15) is 35.7 Å². The summed E-state index contributed by atoms with van der Waals surface area (Å²) < 4.78 is 5.26. The smallest absolute Gasteiger partial charge is 0.255 e. The fourth-order valence-electron chi connectivity index (χ4n) is 1.49. The van der Waals surface area contributed by atoms with E-state index in [9.17, 15) is 9.59 Å². The summed E-state index contributed by atoms with van der Waals surface area (Å²) in [7, 11) is 0. The number of furan rings is 1. The number of carbonyl (C=O) groups excluding carboxylic acids is 2. The van der Waals surface area contributed by atoms with Crippen LogP contribution in [0.25, 0.3) is 0 Å². The molecule has 0 fully saturated rings. The first-order chi connectivity index (χ1) is 8.40. The van der Waals surface area contributed by atoms with Crippen molar-refractivity contribution in [1.29, 1.82) is 0 Å². The molecule has 0 aliphatic carbocycles. The van der Waals surface area contributed by atoms with Gasteiger partial charge in [0.25, 0.3) is 5.91 Å². The first-order valence-electron chi connectivity index (χ1n) is 6.02. The zero-order chi connectivity index (χ0) is 13.7. The van der Waals surface area contributed by atoms with E-state index in [0.717, 1.165) is 0 Å². The summed E-state index contributed by atoms with van der Waals surface area (Å²) in [6.45, 7) is 8.11. The lowest BCUT2D eigenvalue weighted by Gasteiger charge is -2.08. The van der Waals surface area contributed by atoms with Crippen molar-refractivity contribution in [3.8, 4) is 0 Å². The third kappa shape index (κ3) is 4.24. The Morgan fingerprint density at radius 2 is 1.94 bits per heavy atom. The van der Waals surface area contributed by atoms with Crippen molar-refractivity contribution in [2.24, 2.45) is 5.92 Å².